The fourth-order valence-corrected chi connectivity index (χ4v) is 1.51. The van der Waals surface area contributed by atoms with E-state index in [1.807, 2.05) is 18.2 Å². The van der Waals surface area contributed by atoms with E-state index in [1.165, 1.54) is 7.11 Å². The molecule has 4 nitrogen and oxygen atoms in total. The van der Waals surface area contributed by atoms with Crippen molar-refractivity contribution in [3.63, 3.8) is 0 Å². The van der Waals surface area contributed by atoms with Gasteiger partial charge in [-0.05, 0) is 33.6 Å². The normalized spacial score (nSPS) is 9.94. The van der Waals surface area contributed by atoms with Crippen molar-refractivity contribution < 1.29 is 19.0 Å². The molecule has 0 spiro atoms. The van der Waals surface area contributed by atoms with Crippen molar-refractivity contribution in [3.8, 4) is 5.75 Å². The van der Waals surface area contributed by atoms with Gasteiger partial charge in [-0.1, -0.05) is 6.07 Å². The smallest absolute Gasteiger partial charge is 0.331 e. The molecule has 88 valence electrons. The molecule has 0 fully saturated rings. The van der Waals surface area contributed by atoms with Gasteiger partial charge in [-0.15, -0.1) is 0 Å². The highest BCUT2D eigenvalue weighted by Crippen LogP contribution is 2.25. The molecule has 0 saturated carbocycles. The van der Waals surface area contributed by atoms with Crippen LogP contribution in [0.2, 0.25) is 0 Å². The Morgan fingerprint density at radius 3 is 2.75 bits per heavy atom. The monoisotopic (exact) mass is 288 g/mol. The van der Waals surface area contributed by atoms with Crippen LogP contribution in [0, 0.1) is 0 Å². The molecule has 0 N–H and O–H groups in total. The lowest BCUT2D eigenvalue weighted by Crippen LogP contribution is -2.09. The summed E-state index contributed by atoms with van der Waals surface area (Å²) in [5.74, 6) is 0.350. The summed E-state index contributed by atoms with van der Waals surface area (Å²) in [6.07, 6.45) is 0. The second-order valence-corrected chi connectivity index (χ2v) is 3.89. The fraction of sp³-hybridized carbons (Fsp3) is 0.364. The van der Waals surface area contributed by atoms with Crippen molar-refractivity contribution in [2.45, 2.75) is 6.61 Å². The summed E-state index contributed by atoms with van der Waals surface area (Å²) in [4.78, 5) is 10.8. The SMILES string of the molecule is COC(=O)COCc1ccc(Br)c(OC)c1. The van der Waals surface area contributed by atoms with Crippen molar-refractivity contribution in [1.29, 1.82) is 0 Å². The van der Waals surface area contributed by atoms with Crippen molar-refractivity contribution in [1.82, 2.24) is 0 Å². The third-order valence-corrected chi connectivity index (χ3v) is 2.59. The Balaban J connectivity index is 2.51. The van der Waals surface area contributed by atoms with Gasteiger partial charge in [-0.2, -0.15) is 0 Å². The molecular formula is C11H13BrO4. The van der Waals surface area contributed by atoms with Gasteiger partial charge in [-0.25, -0.2) is 4.79 Å². The number of carbonyl (C=O) groups is 1. The average molecular weight is 289 g/mol. The van der Waals surface area contributed by atoms with Crippen LogP contribution in [-0.4, -0.2) is 26.8 Å². The number of carbonyl (C=O) groups excluding carboxylic acids is 1. The summed E-state index contributed by atoms with van der Waals surface area (Å²) >= 11 is 3.35. The van der Waals surface area contributed by atoms with Gasteiger partial charge in [0.15, 0.2) is 0 Å². The molecular weight excluding hydrogens is 276 g/mol. The standard InChI is InChI=1S/C11H13BrO4/c1-14-10-5-8(3-4-9(10)12)6-16-7-11(13)15-2/h3-5H,6-7H2,1-2H3. The molecule has 16 heavy (non-hydrogen) atoms. The molecule has 0 aromatic heterocycles. The van der Waals surface area contributed by atoms with Gasteiger partial charge in [0.25, 0.3) is 0 Å². The molecule has 0 radical (unpaired) electrons. The number of esters is 1. The van der Waals surface area contributed by atoms with Crippen molar-refractivity contribution in [3.05, 3.63) is 28.2 Å². The largest absolute Gasteiger partial charge is 0.496 e. The van der Waals surface area contributed by atoms with Crippen LogP contribution in [-0.2, 0) is 20.9 Å². The first-order chi connectivity index (χ1) is 7.67. The van der Waals surface area contributed by atoms with Crippen molar-refractivity contribution in [2.24, 2.45) is 0 Å². The van der Waals surface area contributed by atoms with Crippen molar-refractivity contribution in [2.75, 3.05) is 20.8 Å². The summed E-state index contributed by atoms with van der Waals surface area (Å²) in [5, 5.41) is 0. The van der Waals surface area contributed by atoms with Crippen LogP contribution in [0.25, 0.3) is 0 Å². The Kier molecular flexibility index (Phi) is 5.28. The maximum Gasteiger partial charge on any atom is 0.331 e. The first-order valence-corrected chi connectivity index (χ1v) is 5.43. The zero-order valence-corrected chi connectivity index (χ0v) is 10.7. The van der Waals surface area contributed by atoms with Crippen LogP contribution in [0.5, 0.6) is 5.75 Å². The molecule has 1 rings (SSSR count). The Morgan fingerprint density at radius 1 is 1.38 bits per heavy atom. The third-order valence-electron chi connectivity index (χ3n) is 1.93. The first-order valence-electron chi connectivity index (χ1n) is 4.64. The van der Waals surface area contributed by atoms with Gasteiger partial charge >= 0.3 is 5.97 Å². The third kappa shape index (κ3) is 3.83. The van der Waals surface area contributed by atoms with E-state index < -0.39 is 0 Å². The van der Waals surface area contributed by atoms with Gasteiger partial charge < -0.3 is 14.2 Å². The Hall–Kier alpha value is -1.07. The molecule has 1 aromatic rings. The number of rotatable bonds is 5. The summed E-state index contributed by atoms with van der Waals surface area (Å²) in [7, 11) is 2.92. The topological polar surface area (TPSA) is 44.8 Å². The average Bonchev–Trinajstić information content (AvgIpc) is 2.31. The van der Waals surface area contributed by atoms with Crippen LogP contribution in [0.15, 0.2) is 22.7 Å². The summed E-state index contributed by atoms with van der Waals surface area (Å²) in [5.41, 5.74) is 0.934. The second kappa shape index (κ2) is 6.50. The van der Waals surface area contributed by atoms with E-state index in [-0.39, 0.29) is 12.6 Å². The van der Waals surface area contributed by atoms with E-state index >= 15 is 0 Å². The predicted octanol–water partition coefficient (Wildman–Crippen LogP) is 2.15. The molecule has 0 saturated heterocycles. The van der Waals surface area contributed by atoms with Crippen LogP contribution < -0.4 is 4.74 Å². The highest BCUT2D eigenvalue weighted by Gasteiger charge is 2.03. The van der Waals surface area contributed by atoms with E-state index in [1.54, 1.807) is 7.11 Å². The minimum atomic E-state index is -0.385. The van der Waals surface area contributed by atoms with E-state index in [0.29, 0.717) is 6.61 Å². The van der Waals surface area contributed by atoms with Crippen LogP contribution >= 0.6 is 15.9 Å². The van der Waals surface area contributed by atoms with E-state index in [4.69, 9.17) is 9.47 Å². The zero-order chi connectivity index (χ0) is 12.0. The maximum atomic E-state index is 10.8. The highest BCUT2D eigenvalue weighted by atomic mass is 79.9. The molecule has 0 atom stereocenters. The fourth-order valence-electron chi connectivity index (χ4n) is 1.11. The van der Waals surface area contributed by atoms with Gasteiger partial charge in [0.05, 0.1) is 25.3 Å². The number of hydrogen-bond acceptors (Lipinski definition) is 4. The predicted molar refractivity (Wildman–Crippen MR) is 62.4 cm³/mol. The molecule has 1 aromatic carbocycles. The lowest BCUT2D eigenvalue weighted by molar-refractivity contribution is -0.146. The second-order valence-electron chi connectivity index (χ2n) is 3.04. The summed E-state index contributed by atoms with van der Waals surface area (Å²) in [6, 6.07) is 5.61. The number of ether oxygens (including phenoxy) is 3. The van der Waals surface area contributed by atoms with Crippen LogP contribution in [0.3, 0.4) is 0 Å². The van der Waals surface area contributed by atoms with E-state index in [0.717, 1.165) is 15.8 Å². The molecule has 0 heterocycles. The van der Waals surface area contributed by atoms with Crippen LogP contribution in [0.4, 0.5) is 0 Å². The highest BCUT2D eigenvalue weighted by molar-refractivity contribution is 9.10. The maximum absolute atomic E-state index is 10.8. The molecule has 0 unspecified atom stereocenters. The number of halogens is 1. The van der Waals surface area contributed by atoms with Gasteiger partial charge in [-0.3, -0.25) is 0 Å². The number of hydrogen-bond donors (Lipinski definition) is 0. The van der Waals surface area contributed by atoms with E-state index in [9.17, 15) is 4.79 Å². The van der Waals surface area contributed by atoms with Crippen molar-refractivity contribution >= 4 is 21.9 Å². The lowest BCUT2D eigenvalue weighted by atomic mass is 10.2. The first kappa shape index (κ1) is 13.0. The Bertz CT molecular complexity index is 365. The Labute approximate surface area is 103 Å². The van der Waals surface area contributed by atoms with Crippen LogP contribution in [0.1, 0.15) is 5.56 Å². The Morgan fingerprint density at radius 2 is 2.12 bits per heavy atom. The zero-order valence-electron chi connectivity index (χ0n) is 9.16. The lowest BCUT2D eigenvalue weighted by Gasteiger charge is -2.07. The molecule has 0 aliphatic heterocycles. The quantitative estimate of drug-likeness (QED) is 0.779. The summed E-state index contributed by atoms with van der Waals surface area (Å²) in [6.45, 7) is 0.299. The number of methoxy groups -OCH3 is 2. The molecule has 5 heteroatoms. The van der Waals surface area contributed by atoms with Gasteiger partial charge in [0.1, 0.15) is 12.4 Å². The molecule has 0 aliphatic carbocycles. The summed E-state index contributed by atoms with van der Waals surface area (Å²) < 4.78 is 15.6. The van der Waals surface area contributed by atoms with Gasteiger partial charge in [0.2, 0.25) is 0 Å². The minimum absolute atomic E-state index is 0.0467. The van der Waals surface area contributed by atoms with E-state index in [2.05, 4.69) is 20.7 Å². The van der Waals surface area contributed by atoms with Gasteiger partial charge in [0, 0.05) is 0 Å². The molecule has 0 amide bonds. The molecule has 0 aliphatic rings. The minimum Gasteiger partial charge on any atom is -0.496 e. The number of benzene rings is 1. The molecule has 0 bridgehead atoms.